The smallest absolute Gasteiger partial charge is 0.230 e. The lowest BCUT2D eigenvalue weighted by Crippen LogP contribution is -2.24. The van der Waals surface area contributed by atoms with Crippen molar-refractivity contribution < 1.29 is 4.79 Å². The highest BCUT2D eigenvalue weighted by Crippen LogP contribution is 2.15. The molecule has 0 saturated heterocycles. The molecule has 128 valence electrons. The molecule has 0 spiro atoms. The molecule has 7 heteroatoms. The van der Waals surface area contributed by atoms with Gasteiger partial charge >= 0.3 is 0 Å². The second-order valence-corrected chi connectivity index (χ2v) is 7.27. The summed E-state index contributed by atoms with van der Waals surface area (Å²) >= 11 is 2.98. The highest BCUT2D eigenvalue weighted by molar-refractivity contribution is 7.99. The van der Waals surface area contributed by atoms with Crippen molar-refractivity contribution in [2.45, 2.75) is 18.6 Å². The number of H-pyrrole nitrogens is 1. The Balaban J connectivity index is 1.45. The Labute approximate surface area is 154 Å². The average molecular weight is 371 g/mol. The van der Waals surface area contributed by atoms with E-state index in [0.29, 0.717) is 17.5 Å². The predicted molar refractivity (Wildman–Crippen MR) is 103 cm³/mol. The lowest BCUT2D eigenvalue weighted by Gasteiger charge is -2.06. The van der Waals surface area contributed by atoms with Crippen LogP contribution in [0.15, 0.2) is 46.9 Å². The zero-order chi connectivity index (χ0) is 17.5. The quantitative estimate of drug-likeness (QED) is 0.621. The molecule has 25 heavy (non-hydrogen) atoms. The highest BCUT2D eigenvalue weighted by Gasteiger charge is 2.07. The van der Waals surface area contributed by atoms with E-state index in [0.717, 1.165) is 10.4 Å². The number of benzene rings is 1. The van der Waals surface area contributed by atoms with Gasteiger partial charge < -0.3 is 5.32 Å². The molecule has 1 aromatic carbocycles. The first-order valence-corrected chi connectivity index (χ1v) is 9.65. The Hall–Kier alpha value is -2.38. The fourth-order valence-corrected chi connectivity index (χ4v) is 3.38. The molecular formula is C18H18N4OS2. The highest BCUT2D eigenvalue weighted by atomic mass is 32.2. The monoisotopic (exact) mass is 370 g/mol. The van der Waals surface area contributed by atoms with Gasteiger partial charge in [0, 0.05) is 11.4 Å². The molecule has 2 aromatic heterocycles. The van der Waals surface area contributed by atoms with Gasteiger partial charge in [0.05, 0.1) is 5.75 Å². The third-order valence-corrected chi connectivity index (χ3v) is 5.19. The van der Waals surface area contributed by atoms with Gasteiger partial charge in [-0.05, 0) is 41.6 Å². The number of nitrogens with zero attached hydrogens (tertiary/aromatic N) is 2. The van der Waals surface area contributed by atoms with Crippen LogP contribution in [0.2, 0.25) is 0 Å². The summed E-state index contributed by atoms with van der Waals surface area (Å²) in [7, 11) is 0. The van der Waals surface area contributed by atoms with E-state index in [1.165, 1.54) is 17.3 Å². The minimum absolute atomic E-state index is 0.0336. The summed E-state index contributed by atoms with van der Waals surface area (Å²) in [4.78, 5) is 17.5. The summed E-state index contributed by atoms with van der Waals surface area (Å²) in [5.74, 6) is 0.933. The Morgan fingerprint density at radius 2 is 2.16 bits per heavy atom. The third kappa shape index (κ3) is 5.30. The molecule has 0 aliphatic heterocycles. The molecule has 0 radical (unpaired) electrons. The molecule has 0 saturated carbocycles. The second kappa shape index (κ2) is 8.64. The van der Waals surface area contributed by atoms with Crippen LogP contribution >= 0.6 is 23.1 Å². The maximum absolute atomic E-state index is 12.0. The first kappa shape index (κ1) is 17.4. The van der Waals surface area contributed by atoms with Crippen LogP contribution in [-0.2, 0) is 11.3 Å². The zero-order valence-corrected chi connectivity index (χ0v) is 15.4. The number of aromatic nitrogens is 3. The van der Waals surface area contributed by atoms with Crippen molar-refractivity contribution in [1.82, 2.24) is 20.5 Å². The van der Waals surface area contributed by atoms with Gasteiger partial charge in [-0.2, -0.15) is 0 Å². The van der Waals surface area contributed by atoms with Crippen molar-refractivity contribution in [1.29, 1.82) is 0 Å². The normalized spacial score (nSPS) is 11.1. The molecule has 5 nitrogen and oxygen atoms in total. The summed E-state index contributed by atoms with van der Waals surface area (Å²) in [6, 6.07) is 12.1. The number of hydrogen-bond acceptors (Lipinski definition) is 5. The number of rotatable bonds is 7. The summed E-state index contributed by atoms with van der Waals surface area (Å²) in [6.07, 6.45) is 3.86. The van der Waals surface area contributed by atoms with Gasteiger partial charge in [-0.15, -0.1) is 16.4 Å². The summed E-state index contributed by atoms with van der Waals surface area (Å²) in [6.45, 7) is 2.57. The first-order valence-electron chi connectivity index (χ1n) is 7.79. The predicted octanol–water partition coefficient (Wildman–Crippen LogP) is 3.75. The van der Waals surface area contributed by atoms with E-state index in [9.17, 15) is 4.79 Å². The number of aromatic amines is 1. The minimum atomic E-state index is -0.0336. The number of amides is 1. The Kier molecular flexibility index (Phi) is 6.03. The van der Waals surface area contributed by atoms with E-state index in [4.69, 9.17) is 0 Å². The molecular weight excluding hydrogens is 352 g/mol. The van der Waals surface area contributed by atoms with Gasteiger partial charge in [0.1, 0.15) is 5.82 Å². The van der Waals surface area contributed by atoms with E-state index in [1.807, 2.05) is 60.9 Å². The number of nitrogens with one attached hydrogen (secondary N) is 2. The topological polar surface area (TPSA) is 70.7 Å². The van der Waals surface area contributed by atoms with Crippen molar-refractivity contribution in [2.24, 2.45) is 0 Å². The summed E-state index contributed by atoms with van der Waals surface area (Å²) < 4.78 is 0. The van der Waals surface area contributed by atoms with Crippen LogP contribution < -0.4 is 5.32 Å². The van der Waals surface area contributed by atoms with E-state index >= 15 is 0 Å². The van der Waals surface area contributed by atoms with Crippen LogP contribution in [0.25, 0.3) is 12.2 Å². The van der Waals surface area contributed by atoms with Gasteiger partial charge in [-0.3, -0.25) is 9.89 Å². The number of carbonyl (C=O) groups is 1. The van der Waals surface area contributed by atoms with Gasteiger partial charge in [0.15, 0.2) is 0 Å². The largest absolute Gasteiger partial charge is 0.351 e. The van der Waals surface area contributed by atoms with Crippen molar-refractivity contribution in [2.75, 3.05) is 5.75 Å². The van der Waals surface area contributed by atoms with Crippen LogP contribution in [0, 0.1) is 6.92 Å². The molecule has 0 aliphatic rings. The zero-order valence-electron chi connectivity index (χ0n) is 13.7. The first-order chi connectivity index (χ1) is 12.2. The fourth-order valence-electron chi connectivity index (χ4n) is 2.13. The molecule has 0 aliphatic carbocycles. The van der Waals surface area contributed by atoms with Crippen LogP contribution in [0.3, 0.4) is 0 Å². The van der Waals surface area contributed by atoms with Crippen LogP contribution in [-0.4, -0.2) is 26.8 Å². The molecule has 3 aromatic rings. The number of aryl methyl sites for hydroxylation is 1. The van der Waals surface area contributed by atoms with E-state index in [2.05, 4.69) is 20.5 Å². The Bertz CT molecular complexity index is 856. The summed E-state index contributed by atoms with van der Waals surface area (Å²) in [5.41, 5.74) is 2.30. The fraction of sp³-hybridized carbons (Fsp3) is 0.167. The molecule has 3 rings (SSSR count). The molecule has 1 amide bonds. The van der Waals surface area contributed by atoms with Crippen molar-refractivity contribution in [3.8, 4) is 0 Å². The van der Waals surface area contributed by atoms with Gasteiger partial charge in [0.25, 0.3) is 0 Å². The second-order valence-electron chi connectivity index (χ2n) is 5.34. The summed E-state index contributed by atoms with van der Waals surface area (Å²) in [5, 5.41) is 12.5. The lowest BCUT2D eigenvalue weighted by atomic mass is 10.1. The van der Waals surface area contributed by atoms with Gasteiger partial charge in [0.2, 0.25) is 11.1 Å². The molecule has 0 atom stereocenters. The van der Waals surface area contributed by atoms with E-state index < -0.39 is 0 Å². The minimum Gasteiger partial charge on any atom is -0.351 e. The van der Waals surface area contributed by atoms with Gasteiger partial charge in [-0.25, -0.2) is 4.98 Å². The van der Waals surface area contributed by atoms with Gasteiger partial charge in [-0.1, -0.05) is 42.1 Å². The molecule has 0 unspecified atom stereocenters. The molecule has 2 N–H and O–H groups in total. The number of thioether (sulfide) groups is 1. The molecule has 0 fully saturated rings. The maximum atomic E-state index is 12.0. The Morgan fingerprint density at radius 1 is 1.28 bits per heavy atom. The number of hydrogen-bond donors (Lipinski definition) is 2. The maximum Gasteiger partial charge on any atom is 0.230 e. The van der Waals surface area contributed by atoms with Crippen molar-refractivity contribution in [3.63, 3.8) is 0 Å². The van der Waals surface area contributed by atoms with E-state index in [1.54, 1.807) is 11.3 Å². The van der Waals surface area contributed by atoms with Crippen molar-refractivity contribution >= 4 is 41.2 Å². The molecule has 0 bridgehead atoms. The molecule has 2 heterocycles. The number of thiophene rings is 1. The van der Waals surface area contributed by atoms with Crippen LogP contribution in [0.5, 0.6) is 0 Å². The van der Waals surface area contributed by atoms with E-state index in [-0.39, 0.29) is 11.7 Å². The average Bonchev–Trinajstić information content (AvgIpc) is 3.29. The van der Waals surface area contributed by atoms with Crippen molar-refractivity contribution in [3.05, 3.63) is 63.6 Å². The van der Waals surface area contributed by atoms with Crippen LogP contribution in [0.1, 0.15) is 21.8 Å². The SMILES string of the molecule is Cc1ccccc1CNC(=O)CSc1n[nH]c(/C=C/c2cccs2)n1. The standard InChI is InChI=1S/C18H18N4OS2/c1-13-5-2-3-6-14(13)11-19-17(23)12-25-18-20-16(21-22-18)9-8-15-7-4-10-24-15/h2-10H,11-12H2,1H3,(H,19,23)(H,20,21,22)/b9-8+. The third-order valence-electron chi connectivity index (χ3n) is 3.50. The lowest BCUT2D eigenvalue weighted by molar-refractivity contribution is -0.118. The Morgan fingerprint density at radius 3 is 2.96 bits per heavy atom. The van der Waals surface area contributed by atoms with Crippen LogP contribution in [0.4, 0.5) is 0 Å². The number of carbonyl (C=O) groups excluding carboxylic acids is 1.